The summed E-state index contributed by atoms with van der Waals surface area (Å²) in [7, 11) is 1.51. The van der Waals surface area contributed by atoms with Crippen molar-refractivity contribution in [1.29, 1.82) is 0 Å². The number of piperidine rings is 1. The number of allylic oxidation sites excluding steroid dienone is 2. The zero-order valence-electron chi connectivity index (χ0n) is 16.8. The van der Waals surface area contributed by atoms with Crippen molar-refractivity contribution in [2.75, 3.05) is 33.3 Å². The molecule has 1 unspecified atom stereocenters. The number of benzene rings is 1. The second-order valence-corrected chi connectivity index (χ2v) is 8.10. The van der Waals surface area contributed by atoms with Crippen LogP contribution in [0.2, 0.25) is 10.0 Å². The van der Waals surface area contributed by atoms with Crippen LogP contribution in [0.3, 0.4) is 0 Å². The maximum atomic E-state index is 12.4. The van der Waals surface area contributed by atoms with E-state index < -0.39 is 0 Å². The molecule has 1 saturated heterocycles. The fraction of sp³-hybridized carbons (Fsp3) is 0.409. The Labute approximate surface area is 181 Å². The average Bonchev–Trinajstić information content (AvgIpc) is 3.11. The Morgan fingerprint density at radius 1 is 1.34 bits per heavy atom. The molecule has 7 heteroatoms. The third-order valence-corrected chi connectivity index (χ3v) is 5.97. The lowest BCUT2D eigenvalue weighted by molar-refractivity contribution is -0.120. The number of ether oxygens (including phenoxy) is 1. The summed E-state index contributed by atoms with van der Waals surface area (Å²) in [4.78, 5) is 18.1. The molecule has 1 aliphatic rings. The molecule has 1 fully saturated rings. The normalized spacial score (nSPS) is 18.5. The number of hydrogen-bond acceptors (Lipinski definition) is 3. The van der Waals surface area contributed by atoms with Crippen LogP contribution in [-0.2, 0) is 9.53 Å². The summed E-state index contributed by atoms with van der Waals surface area (Å²) in [6, 6.07) is 5.59. The average molecular weight is 436 g/mol. The summed E-state index contributed by atoms with van der Waals surface area (Å²) >= 11 is 12.1. The predicted octanol–water partition coefficient (Wildman–Crippen LogP) is 4.87. The van der Waals surface area contributed by atoms with Crippen molar-refractivity contribution in [3.8, 4) is 0 Å². The summed E-state index contributed by atoms with van der Waals surface area (Å²) in [5.74, 6) is 0.582. The maximum absolute atomic E-state index is 12.4. The minimum atomic E-state index is -0.194. The van der Waals surface area contributed by atoms with E-state index in [-0.39, 0.29) is 11.7 Å². The summed E-state index contributed by atoms with van der Waals surface area (Å²) < 4.78 is 5.26. The number of nitrogens with one attached hydrogen (secondary N) is 2. The summed E-state index contributed by atoms with van der Waals surface area (Å²) in [6.45, 7) is 6.10. The van der Waals surface area contributed by atoms with Crippen molar-refractivity contribution in [2.24, 2.45) is 5.92 Å². The highest BCUT2D eigenvalue weighted by atomic mass is 35.5. The van der Waals surface area contributed by atoms with E-state index in [1.54, 1.807) is 18.2 Å². The van der Waals surface area contributed by atoms with Crippen molar-refractivity contribution in [2.45, 2.75) is 19.8 Å². The van der Waals surface area contributed by atoms with Gasteiger partial charge in [0.15, 0.2) is 5.76 Å². The van der Waals surface area contributed by atoms with E-state index in [0.29, 0.717) is 22.5 Å². The first-order valence-electron chi connectivity index (χ1n) is 9.90. The second-order valence-electron chi connectivity index (χ2n) is 7.28. The van der Waals surface area contributed by atoms with Crippen LogP contribution in [0.15, 0.2) is 36.1 Å². The molecule has 0 bridgehead atoms. The largest absolute Gasteiger partial charge is 0.491 e. The molecule has 1 aliphatic heterocycles. The third-order valence-electron chi connectivity index (χ3n) is 5.25. The lowest BCUT2D eigenvalue weighted by Gasteiger charge is -2.31. The number of hydrogen-bond donors (Lipinski definition) is 2. The number of carbonyl (C=O) groups is 1. The van der Waals surface area contributed by atoms with Crippen LogP contribution >= 0.6 is 23.2 Å². The van der Waals surface area contributed by atoms with E-state index >= 15 is 0 Å². The molecule has 5 nitrogen and oxygen atoms in total. The van der Waals surface area contributed by atoms with Gasteiger partial charge in [0.2, 0.25) is 0 Å². The zero-order valence-corrected chi connectivity index (χ0v) is 18.3. The number of rotatable bonds is 7. The number of H-pyrrole nitrogens is 1. The molecule has 2 heterocycles. The zero-order chi connectivity index (χ0) is 20.8. The van der Waals surface area contributed by atoms with E-state index in [0.717, 1.165) is 42.7 Å². The monoisotopic (exact) mass is 435 g/mol. The van der Waals surface area contributed by atoms with Crippen molar-refractivity contribution in [3.05, 3.63) is 51.8 Å². The first-order chi connectivity index (χ1) is 14.0. The number of fused-ring (bicyclic) bond motifs is 1. The summed E-state index contributed by atoms with van der Waals surface area (Å²) in [5.41, 5.74) is 1.79. The molecule has 156 valence electrons. The van der Waals surface area contributed by atoms with Gasteiger partial charge in [0, 0.05) is 29.7 Å². The molecule has 1 aromatic carbocycles. The van der Waals surface area contributed by atoms with E-state index in [9.17, 15) is 4.79 Å². The highest BCUT2D eigenvalue weighted by Crippen LogP contribution is 2.28. The van der Waals surface area contributed by atoms with E-state index in [2.05, 4.69) is 22.1 Å². The molecule has 0 aliphatic carbocycles. The summed E-state index contributed by atoms with van der Waals surface area (Å²) in [5, 5.41) is 5.00. The van der Waals surface area contributed by atoms with Crippen molar-refractivity contribution < 1.29 is 9.53 Å². The first-order valence-corrected chi connectivity index (χ1v) is 10.7. The number of amides is 1. The Balaban J connectivity index is 1.59. The van der Waals surface area contributed by atoms with Gasteiger partial charge in [-0.15, -0.1) is 0 Å². The quantitative estimate of drug-likeness (QED) is 0.370. The van der Waals surface area contributed by atoms with Crippen LogP contribution in [0.5, 0.6) is 0 Å². The van der Waals surface area contributed by atoms with Gasteiger partial charge in [-0.1, -0.05) is 36.2 Å². The highest BCUT2D eigenvalue weighted by Gasteiger charge is 2.20. The Hall–Kier alpha value is -1.95. The van der Waals surface area contributed by atoms with E-state index in [1.807, 2.05) is 18.2 Å². The smallest absolute Gasteiger partial charge is 0.286 e. The molecule has 3 rings (SSSR count). The Bertz CT molecular complexity index is 881. The molecule has 0 radical (unpaired) electrons. The molecule has 1 atom stereocenters. The maximum Gasteiger partial charge on any atom is 0.286 e. The predicted molar refractivity (Wildman–Crippen MR) is 120 cm³/mol. The van der Waals surface area contributed by atoms with E-state index in [1.165, 1.54) is 13.5 Å². The van der Waals surface area contributed by atoms with Crippen molar-refractivity contribution in [1.82, 2.24) is 15.2 Å². The SMILES string of the molecule is CCN1CCCC(CNC(=O)/C(=C/C=C/c2cc3cc(Cl)c(Cl)cc3[nH]2)OC)C1. The van der Waals surface area contributed by atoms with Crippen LogP contribution in [0.4, 0.5) is 0 Å². The summed E-state index contributed by atoms with van der Waals surface area (Å²) in [6.07, 6.45) is 7.66. The minimum absolute atomic E-state index is 0.194. The fourth-order valence-corrected chi connectivity index (χ4v) is 3.98. The van der Waals surface area contributed by atoms with Crippen molar-refractivity contribution in [3.63, 3.8) is 0 Å². The van der Waals surface area contributed by atoms with Gasteiger partial charge < -0.3 is 19.9 Å². The fourth-order valence-electron chi connectivity index (χ4n) is 3.64. The number of halogens is 2. The van der Waals surface area contributed by atoms with E-state index in [4.69, 9.17) is 27.9 Å². The molecule has 1 amide bonds. The molecule has 1 aromatic heterocycles. The van der Waals surface area contributed by atoms with Crippen LogP contribution in [0.25, 0.3) is 17.0 Å². The first kappa shape index (κ1) is 21.8. The Morgan fingerprint density at radius 3 is 2.90 bits per heavy atom. The lowest BCUT2D eigenvalue weighted by atomic mass is 9.98. The number of likely N-dealkylation sites (tertiary alicyclic amines) is 1. The topological polar surface area (TPSA) is 57.4 Å². The van der Waals surface area contributed by atoms with Gasteiger partial charge in [-0.2, -0.15) is 0 Å². The number of aromatic amines is 1. The van der Waals surface area contributed by atoms with Gasteiger partial charge in [-0.25, -0.2) is 0 Å². The number of aromatic nitrogens is 1. The number of nitrogens with zero attached hydrogens (tertiary/aromatic N) is 1. The van der Waals surface area contributed by atoms with Gasteiger partial charge in [-0.3, -0.25) is 4.79 Å². The molecule has 0 saturated carbocycles. The Kier molecular flexibility index (Phi) is 7.64. The van der Waals surface area contributed by atoms with Crippen molar-refractivity contribution >= 4 is 46.1 Å². The van der Waals surface area contributed by atoms with Gasteiger partial charge in [0.25, 0.3) is 5.91 Å². The highest BCUT2D eigenvalue weighted by molar-refractivity contribution is 6.42. The number of methoxy groups -OCH3 is 1. The lowest BCUT2D eigenvalue weighted by Crippen LogP contribution is -2.41. The van der Waals surface area contributed by atoms with Gasteiger partial charge >= 0.3 is 0 Å². The van der Waals surface area contributed by atoms with Crippen LogP contribution in [0, 0.1) is 5.92 Å². The standard InChI is InChI=1S/C22H27Cl2N3O2/c1-3-27-9-5-6-15(14-27)13-25-22(28)21(29-2)8-4-7-17-10-16-11-18(23)19(24)12-20(16)26-17/h4,7-8,10-12,15,26H,3,5-6,9,13-14H2,1-2H3,(H,25,28)/b7-4+,21-8-. The van der Waals surface area contributed by atoms with Gasteiger partial charge in [0.05, 0.1) is 17.2 Å². The second kappa shape index (κ2) is 10.2. The molecular formula is C22H27Cl2N3O2. The van der Waals surface area contributed by atoms with Gasteiger partial charge in [0.1, 0.15) is 0 Å². The van der Waals surface area contributed by atoms with Crippen LogP contribution in [-0.4, -0.2) is 49.1 Å². The van der Waals surface area contributed by atoms with Crippen LogP contribution < -0.4 is 5.32 Å². The van der Waals surface area contributed by atoms with Crippen LogP contribution in [0.1, 0.15) is 25.5 Å². The minimum Gasteiger partial charge on any atom is -0.491 e. The number of carbonyl (C=O) groups excluding carboxylic acids is 1. The molecule has 2 N–H and O–H groups in total. The molecule has 0 spiro atoms. The Morgan fingerprint density at radius 2 is 2.14 bits per heavy atom. The van der Waals surface area contributed by atoms with Gasteiger partial charge in [-0.05, 0) is 62.2 Å². The molecule has 29 heavy (non-hydrogen) atoms. The third kappa shape index (κ3) is 5.78. The molecular weight excluding hydrogens is 409 g/mol. The molecule has 2 aromatic rings.